The molecule has 0 radical (unpaired) electrons. The van der Waals surface area contributed by atoms with Gasteiger partial charge in [0.25, 0.3) is 5.91 Å². The van der Waals surface area contributed by atoms with E-state index in [1.54, 1.807) is 25.3 Å². The first kappa shape index (κ1) is 11.7. The molecule has 1 aromatic carbocycles. The Morgan fingerprint density at radius 3 is 2.59 bits per heavy atom. The summed E-state index contributed by atoms with van der Waals surface area (Å²) in [6.45, 7) is 3.59. The number of nitrogens with one attached hydrogen (secondary N) is 1. The first-order valence-corrected chi connectivity index (χ1v) is 5.58. The van der Waals surface area contributed by atoms with Gasteiger partial charge in [0.05, 0.1) is 22.5 Å². The van der Waals surface area contributed by atoms with Crippen LogP contribution in [0, 0.1) is 13.8 Å². The van der Waals surface area contributed by atoms with E-state index >= 15 is 0 Å². The minimum atomic E-state index is -0.207. The molecule has 17 heavy (non-hydrogen) atoms. The van der Waals surface area contributed by atoms with E-state index in [0.29, 0.717) is 22.0 Å². The van der Waals surface area contributed by atoms with Crippen molar-refractivity contribution in [2.24, 2.45) is 0 Å². The maximum absolute atomic E-state index is 12.0. The molecule has 1 aromatic heterocycles. The van der Waals surface area contributed by atoms with Crippen molar-refractivity contribution in [2.45, 2.75) is 13.8 Å². The van der Waals surface area contributed by atoms with Crippen molar-refractivity contribution in [3.8, 4) is 0 Å². The molecule has 1 N–H and O–H groups in total. The Labute approximate surface area is 104 Å². The second-order valence-corrected chi connectivity index (χ2v) is 4.19. The van der Waals surface area contributed by atoms with E-state index in [4.69, 9.17) is 16.0 Å². The van der Waals surface area contributed by atoms with Crippen LogP contribution < -0.4 is 5.32 Å². The van der Waals surface area contributed by atoms with Gasteiger partial charge in [0, 0.05) is 5.56 Å². The van der Waals surface area contributed by atoms with Crippen molar-refractivity contribution < 1.29 is 9.21 Å². The average molecular weight is 250 g/mol. The van der Waals surface area contributed by atoms with Crippen LogP contribution in [0.2, 0.25) is 5.02 Å². The van der Waals surface area contributed by atoms with Crippen LogP contribution in [0.3, 0.4) is 0 Å². The van der Waals surface area contributed by atoms with E-state index < -0.39 is 0 Å². The number of rotatable bonds is 2. The van der Waals surface area contributed by atoms with Gasteiger partial charge in [0.15, 0.2) is 0 Å². The predicted octanol–water partition coefficient (Wildman–Crippen LogP) is 3.80. The number of halogens is 1. The predicted molar refractivity (Wildman–Crippen MR) is 67.6 cm³/mol. The number of furan rings is 1. The molecule has 0 spiro atoms. The summed E-state index contributed by atoms with van der Waals surface area (Å²) in [4.78, 5) is 12.0. The van der Waals surface area contributed by atoms with Crippen molar-refractivity contribution in [2.75, 3.05) is 5.32 Å². The molecule has 1 heterocycles. The van der Waals surface area contributed by atoms with Gasteiger partial charge in [0.2, 0.25) is 0 Å². The van der Waals surface area contributed by atoms with Gasteiger partial charge in [-0.15, -0.1) is 0 Å². The van der Waals surface area contributed by atoms with Crippen molar-refractivity contribution in [1.29, 1.82) is 0 Å². The molecular weight excluding hydrogens is 238 g/mol. The number of hydrogen-bond acceptors (Lipinski definition) is 2. The zero-order valence-electron chi connectivity index (χ0n) is 9.58. The summed E-state index contributed by atoms with van der Waals surface area (Å²) in [6, 6.07) is 7.11. The molecule has 0 atom stereocenters. The number of carbonyl (C=O) groups is 1. The molecule has 0 saturated heterocycles. The van der Waals surface area contributed by atoms with E-state index in [1.807, 2.05) is 19.1 Å². The highest BCUT2D eigenvalue weighted by molar-refractivity contribution is 6.33. The summed E-state index contributed by atoms with van der Waals surface area (Å²) in [5.74, 6) is 0.397. The number of benzene rings is 1. The van der Waals surface area contributed by atoms with E-state index in [9.17, 15) is 4.79 Å². The number of amides is 1. The van der Waals surface area contributed by atoms with Gasteiger partial charge in [-0.05, 0) is 26.0 Å². The lowest BCUT2D eigenvalue weighted by Gasteiger charge is -2.06. The quantitative estimate of drug-likeness (QED) is 0.880. The van der Waals surface area contributed by atoms with Crippen LogP contribution in [0.25, 0.3) is 0 Å². The number of aryl methyl sites for hydroxylation is 2. The largest absolute Gasteiger partial charge is 0.469 e. The summed E-state index contributed by atoms with van der Waals surface area (Å²) >= 11 is 5.97. The van der Waals surface area contributed by atoms with Crippen LogP contribution in [0.5, 0.6) is 0 Å². The SMILES string of the molecule is Cc1coc(C)c1C(=O)Nc1ccccc1Cl. The standard InChI is InChI=1S/C13H12ClNO2/c1-8-7-17-9(2)12(8)13(16)15-11-6-4-3-5-10(11)14/h3-7H,1-2H3,(H,15,16). The molecule has 0 unspecified atom stereocenters. The average Bonchev–Trinajstić information content (AvgIpc) is 2.62. The second-order valence-electron chi connectivity index (χ2n) is 3.78. The monoisotopic (exact) mass is 249 g/mol. The van der Waals surface area contributed by atoms with Crippen LogP contribution >= 0.6 is 11.6 Å². The Hall–Kier alpha value is -1.74. The molecule has 0 aliphatic heterocycles. The topological polar surface area (TPSA) is 42.2 Å². The van der Waals surface area contributed by atoms with Gasteiger partial charge in [-0.25, -0.2) is 0 Å². The first-order chi connectivity index (χ1) is 8.09. The maximum atomic E-state index is 12.0. The molecule has 2 aromatic rings. The van der Waals surface area contributed by atoms with Gasteiger partial charge >= 0.3 is 0 Å². The molecule has 4 heteroatoms. The minimum absolute atomic E-state index is 0.207. The maximum Gasteiger partial charge on any atom is 0.259 e. The fraction of sp³-hybridized carbons (Fsp3) is 0.154. The normalized spacial score (nSPS) is 10.3. The molecule has 0 saturated carbocycles. The Kier molecular flexibility index (Phi) is 3.20. The molecule has 88 valence electrons. The summed E-state index contributed by atoms with van der Waals surface area (Å²) in [7, 11) is 0. The van der Waals surface area contributed by atoms with Gasteiger partial charge in [-0.3, -0.25) is 4.79 Å². The Balaban J connectivity index is 2.27. The molecule has 0 bridgehead atoms. The number of para-hydroxylation sites is 1. The molecule has 3 nitrogen and oxygen atoms in total. The van der Waals surface area contributed by atoms with E-state index in [-0.39, 0.29) is 5.91 Å². The van der Waals surface area contributed by atoms with Crippen LogP contribution in [0.4, 0.5) is 5.69 Å². The number of carbonyl (C=O) groups excluding carboxylic acids is 1. The number of anilines is 1. The highest BCUT2D eigenvalue weighted by Gasteiger charge is 2.16. The Morgan fingerprint density at radius 2 is 2.00 bits per heavy atom. The number of hydrogen-bond donors (Lipinski definition) is 1. The molecule has 0 aliphatic rings. The fourth-order valence-corrected chi connectivity index (χ4v) is 1.84. The second kappa shape index (κ2) is 4.63. The van der Waals surface area contributed by atoms with Crippen molar-refractivity contribution in [3.05, 3.63) is 52.4 Å². The smallest absolute Gasteiger partial charge is 0.259 e. The third kappa shape index (κ3) is 2.34. The van der Waals surface area contributed by atoms with Crippen molar-refractivity contribution in [3.63, 3.8) is 0 Å². The van der Waals surface area contributed by atoms with Crippen molar-refractivity contribution >= 4 is 23.2 Å². The zero-order chi connectivity index (χ0) is 12.4. The minimum Gasteiger partial charge on any atom is -0.469 e. The van der Waals surface area contributed by atoms with Gasteiger partial charge in [-0.2, -0.15) is 0 Å². The van der Waals surface area contributed by atoms with E-state index in [1.165, 1.54) is 0 Å². The third-order valence-corrected chi connectivity index (χ3v) is 2.84. The molecule has 1 amide bonds. The molecular formula is C13H12ClNO2. The first-order valence-electron chi connectivity index (χ1n) is 5.20. The highest BCUT2D eigenvalue weighted by Crippen LogP contribution is 2.23. The van der Waals surface area contributed by atoms with Crippen LogP contribution in [-0.2, 0) is 0 Å². The lowest BCUT2D eigenvalue weighted by atomic mass is 10.1. The lowest BCUT2D eigenvalue weighted by molar-refractivity contribution is 0.102. The summed E-state index contributed by atoms with van der Waals surface area (Å²) in [6.07, 6.45) is 1.57. The summed E-state index contributed by atoms with van der Waals surface area (Å²) in [5, 5.41) is 3.28. The zero-order valence-corrected chi connectivity index (χ0v) is 10.3. The van der Waals surface area contributed by atoms with E-state index in [0.717, 1.165) is 5.56 Å². The lowest BCUT2D eigenvalue weighted by Crippen LogP contribution is -2.13. The Bertz CT molecular complexity index is 541. The summed E-state index contributed by atoms with van der Waals surface area (Å²) < 4.78 is 5.19. The van der Waals surface area contributed by atoms with Crippen LogP contribution in [-0.4, -0.2) is 5.91 Å². The fourth-order valence-electron chi connectivity index (χ4n) is 1.66. The van der Waals surface area contributed by atoms with Crippen LogP contribution in [0.15, 0.2) is 34.9 Å². The molecule has 2 rings (SSSR count). The van der Waals surface area contributed by atoms with Gasteiger partial charge in [0.1, 0.15) is 5.76 Å². The van der Waals surface area contributed by atoms with Crippen molar-refractivity contribution in [1.82, 2.24) is 0 Å². The van der Waals surface area contributed by atoms with E-state index in [2.05, 4.69) is 5.32 Å². The van der Waals surface area contributed by atoms with Gasteiger partial charge in [-0.1, -0.05) is 23.7 Å². The molecule has 0 fully saturated rings. The summed E-state index contributed by atoms with van der Waals surface area (Å²) in [5.41, 5.74) is 1.97. The molecule has 0 aliphatic carbocycles. The Morgan fingerprint density at radius 1 is 1.29 bits per heavy atom. The third-order valence-electron chi connectivity index (χ3n) is 2.51. The van der Waals surface area contributed by atoms with Gasteiger partial charge < -0.3 is 9.73 Å². The van der Waals surface area contributed by atoms with Crippen LogP contribution in [0.1, 0.15) is 21.7 Å². The highest BCUT2D eigenvalue weighted by atomic mass is 35.5.